The molecule has 0 aliphatic carbocycles. The number of anilines is 1. The first-order chi connectivity index (χ1) is 11.7. The van der Waals surface area contributed by atoms with Crippen LogP contribution in [0.4, 0.5) is 5.13 Å². The summed E-state index contributed by atoms with van der Waals surface area (Å²) >= 11 is 1.39. The lowest BCUT2D eigenvalue weighted by Gasteiger charge is -2.09. The molecule has 25 heavy (non-hydrogen) atoms. The number of benzene rings is 1. The summed E-state index contributed by atoms with van der Waals surface area (Å²) in [6, 6.07) is 4.25. The first kappa shape index (κ1) is 18.1. The maximum absolute atomic E-state index is 12.2. The van der Waals surface area contributed by atoms with E-state index in [0.717, 1.165) is 22.4 Å². The van der Waals surface area contributed by atoms with Crippen molar-refractivity contribution in [2.75, 3.05) is 16.8 Å². The number of nitrogens with zero attached hydrogens (tertiary/aromatic N) is 1. The lowest BCUT2D eigenvalue weighted by molar-refractivity contribution is -0.116. The van der Waals surface area contributed by atoms with Crippen LogP contribution in [0.3, 0.4) is 0 Å². The molecule has 1 saturated heterocycles. The third-order valence-electron chi connectivity index (χ3n) is 4.48. The molecule has 3 rings (SSSR count). The minimum Gasteiger partial charge on any atom is -0.302 e. The van der Waals surface area contributed by atoms with Crippen LogP contribution in [0.1, 0.15) is 29.5 Å². The Morgan fingerprint density at radius 1 is 1.28 bits per heavy atom. The molecule has 1 amide bonds. The predicted molar refractivity (Wildman–Crippen MR) is 102 cm³/mol. The Balaban J connectivity index is 1.69. The van der Waals surface area contributed by atoms with Crippen molar-refractivity contribution in [3.05, 3.63) is 34.2 Å². The second-order valence-electron chi connectivity index (χ2n) is 6.83. The van der Waals surface area contributed by atoms with Crippen LogP contribution in [-0.2, 0) is 14.6 Å². The molecule has 5 nitrogen and oxygen atoms in total. The van der Waals surface area contributed by atoms with E-state index < -0.39 is 9.84 Å². The highest BCUT2D eigenvalue weighted by Crippen LogP contribution is 2.31. The van der Waals surface area contributed by atoms with Crippen molar-refractivity contribution >= 4 is 32.2 Å². The molecule has 134 valence electrons. The fourth-order valence-electron chi connectivity index (χ4n) is 3.50. The van der Waals surface area contributed by atoms with Gasteiger partial charge in [0.25, 0.3) is 0 Å². The van der Waals surface area contributed by atoms with Crippen LogP contribution in [-0.4, -0.2) is 30.8 Å². The van der Waals surface area contributed by atoms with E-state index in [1.807, 2.05) is 5.38 Å². The number of hydrogen-bond acceptors (Lipinski definition) is 5. The maximum Gasteiger partial charge on any atom is 0.226 e. The maximum atomic E-state index is 12.2. The number of amides is 1. The van der Waals surface area contributed by atoms with Crippen molar-refractivity contribution in [3.63, 3.8) is 0 Å². The first-order valence-corrected chi connectivity index (χ1v) is 11.0. The Morgan fingerprint density at radius 2 is 1.96 bits per heavy atom. The fraction of sp³-hybridized carbons (Fsp3) is 0.444. The number of thiazole rings is 1. The third kappa shape index (κ3) is 4.27. The molecule has 0 spiro atoms. The van der Waals surface area contributed by atoms with Crippen molar-refractivity contribution < 1.29 is 13.2 Å². The Labute approximate surface area is 152 Å². The van der Waals surface area contributed by atoms with Crippen molar-refractivity contribution in [1.82, 2.24) is 4.98 Å². The van der Waals surface area contributed by atoms with Crippen LogP contribution in [0.2, 0.25) is 0 Å². The van der Waals surface area contributed by atoms with Crippen LogP contribution in [0.5, 0.6) is 0 Å². The molecule has 1 aromatic carbocycles. The van der Waals surface area contributed by atoms with Crippen molar-refractivity contribution in [2.45, 2.75) is 33.6 Å². The summed E-state index contributed by atoms with van der Waals surface area (Å²) in [4.78, 5) is 16.7. The van der Waals surface area contributed by atoms with Gasteiger partial charge in [0, 0.05) is 17.4 Å². The van der Waals surface area contributed by atoms with Crippen LogP contribution < -0.4 is 5.32 Å². The lowest BCUT2D eigenvalue weighted by atomic mass is 9.98. The Bertz CT molecular complexity index is 893. The molecule has 0 unspecified atom stereocenters. The molecule has 2 heterocycles. The van der Waals surface area contributed by atoms with Crippen LogP contribution in [0.15, 0.2) is 17.5 Å². The van der Waals surface area contributed by atoms with Gasteiger partial charge in [-0.1, -0.05) is 17.7 Å². The van der Waals surface area contributed by atoms with E-state index in [0.29, 0.717) is 11.6 Å². The molecule has 7 heteroatoms. The number of nitrogens with one attached hydrogen (secondary N) is 1. The molecule has 1 atom stereocenters. The smallest absolute Gasteiger partial charge is 0.226 e. The van der Waals surface area contributed by atoms with E-state index >= 15 is 0 Å². The van der Waals surface area contributed by atoms with E-state index in [4.69, 9.17) is 0 Å². The van der Waals surface area contributed by atoms with E-state index in [1.165, 1.54) is 16.9 Å². The summed E-state index contributed by atoms with van der Waals surface area (Å²) in [5.74, 6) is 0.0650. The van der Waals surface area contributed by atoms with Gasteiger partial charge in [-0.2, -0.15) is 0 Å². The van der Waals surface area contributed by atoms with Gasteiger partial charge in [-0.25, -0.2) is 13.4 Å². The number of rotatable bonds is 4. The highest BCUT2D eigenvalue weighted by Gasteiger charge is 2.29. The molecule has 1 aliphatic heterocycles. The number of hydrogen-bond donors (Lipinski definition) is 1. The summed E-state index contributed by atoms with van der Waals surface area (Å²) in [5.41, 5.74) is 5.51. The number of aromatic nitrogens is 1. The minimum atomic E-state index is -2.95. The number of sulfone groups is 1. The highest BCUT2D eigenvalue weighted by atomic mass is 32.2. The normalized spacial score (nSPS) is 19.1. The molecule has 1 aromatic heterocycles. The molecule has 0 radical (unpaired) electrons. The minimum absolute atomic E-state index is 0.0778. The molecule has 1 aliphatic rings. The summed E-state index contributed by atoms with van der Waals surface area (Å²) in [7, 11) is -2.95. The average Bonchev–Trinajstić information content (AvgIpc) is 3.04. The Hall–Kier alpha value is -1.73. The van der Waals surface area contributed by atoms with E-state index in [1.54, 1.807) is 0 Å². The van der Waals surface area contributed by atoms with Gasteiger partial charge in [-0.3, -0.25) is 4.79 Å². The quantitative estimate of drug-likeness (QED) is 0.883. The number of aryl methyl sites for hydroxylation is 3. The zero-order chi connectivity index (χ0) is 18.2. The third-order valence-corrected chi connectivity index (χ3v) is 7.08. The SMILES string of the molecule is Cc1cc(C)c(-c2csc(NC(=O)C[C@H]3CCS(=O)(=O)C3)n2)c(C)c1. The number of carbonyl (C=O) groups excluding carboxylic acids is 1. The fourth-order valence-corrected chi connectivity index (χ4v) is 6.08. The second kappa shape index (κ2) is 6.88. The van der Waals surface area contributed by atoms with Crippen LogP contribution in [0.25, 0.3) is 11.3 Å². The summed E-state index contributed by atoms with van der Waals surface area (Å²) in [5, 5.41) is 5.31. The largest absolute Gasteiger partial charge is 0.302 e. The van der Waals surface area contributed by atoms with E-state index in [2.05, 4.69) is 43.2 Å². The van der Waals surface area contributed by atoms with Gasteiger partial charge in [-0.05, 0) is 44.2 Å². The number of carbonyl (C=O) groups is 1. The van der Waals surface area contributed by atoms with Gasteiger partial charge in [-0.15, -0.1) is 11.3 Å². The molecule has 1 fully saturated rings. The molecule has 2 aromatic rings. The molecule has 0 bridgehead atoms. The van der Waals surface area contributed by atoms with E-state index in [-0.39, 0.29) is 29.8 Å². The van der Waals surface area contributed by atoms with Crippen LogP contribution in [0, 0.1) is 26.7 Å². The van der Waals surface area contributed by atoms with Gasteiger partial charge in [0.2, 0.25) is 5.91 Å². The summed E-state index contributed by atoms with van der Waals surface area (Å²) in [6.07, 6.45) is 0.803. The Morgan fingerprint density at radius 3 is 2.56 bits per heavy atom. The summed E-state index contributed by atoms with van der Waals surface area (Å²) < 4.78 is 23.0. The predicted octanol–water partition coefficient (Wildman–Crippen LogP) is 3.50. The van der Waals surface area contributed by atoms with Crippen molar-refractivity contribution in [3.8, 4) is 11.3 Å². The van der Waals surface area contributed by atoms with Gasteiger partial charge >= 0.3 is 0 Å². The molecular formula is C18H22N2O3S2. The highest BCUT2D eigenvalue weighted by molar-refractivity contribution is 7.91. The van der Waals surface area contributed by atoms with Crippen molar-refractivity contribution in [2.24, 2.45) is 5.92 Å². The monoisotopic (exact) mass is 378 g/mol. The van der Waals surface area contributed by atoms with Gasteiger partial charge in [0.05, 0.1) is 17.2 Å². The van der Waals surface area contributed by atoms with Gasteiger partial charge in [0.1, 0.15) is 0 Å². The van der Waals surface area contributed by atoms with Gasteiger partial charge in [0.15, 0.2) is 15.0 Å². The zero-order valence-electron chi connectivity index (χ0n) is 14.6. The second-order valence-corrected chi connectivity index (χ2v) is 9.92. The topological polar surface area (TPSA) is 76.1 Å². The standard InChI is InChI=1S/C18H22N2O3S2/c1-11-6-12(2)17(13(3)7-11)15-9-24-18(19-15)20-16(21)8-14-4-5-25(22,23)10-14/h6-7,9,14H,4-5,8,10H2,1-3H3,(H,19,20,21)/t14-/m1/s1. The first-order valence-electron chi connectivity index (χ1n) is 8.27. The van der Waals surface area contributed by atoms with Crippen LogP contribution >= 0.6 is 11.3 Å². The summed E-state index contributed by atoms with van der Waals surface area (Å²) in [6.45, 7) is 6.20. The van der Waals surface area contributed by atoms with Gasteiger partial charge < -0.3 is 5.32 Å². The lowest BCUT2D eigenvalue weighted by Crippen LogP contribution is -2.17. The Kier molecular flexibility index (Phi) is 4.97. The molecule has 0 saturated carbocycles. The zero-order valence-corrected chi connectivity index (χ0v) is 16.3. The molecule has 1 N–H and O–H groups in total. The average molecular weight is 379 g/mol. The van der Waals surface area contributed by atoms with Crippen molar-refractivity contribution in [1.29, 1.82) is 0 Å². The molecular weight excluding hydrogens is 356 g/mol. The van der Waals surface area contributed by atoms with E-state index in [9.17, 15) is 13.2 Å².